The molecule has 1 aromatic rings. The highest BCUT2D eigenvalue weighted by molar-refractivity contribution is 7.98. The molecule has 0 saturated carbocycles. The molecule has 5 nitrogen and oxygen atoms in total. The van der Waals surface area contributed by atoms with Crippen LogP contribution in [0.2, 0.25) is 0 Å². The number of piperidine rings is 1. The van der Waals surface area contributed by atoms with Gasteiger partial charge in [0.25, 0.3) is 0 Å². The molecule has 160 valence electrons. The fourth-order valence-electron chi connectivity index (χ4n) is 4.31. The van der Waals surface area contributed by atoms with Crippen molar-refractivity contribution in [2.45, 2.75) is 57.3 Å². The summed E-state index contributed by atoms with van der Waals surface area (Å²) >= 11 is 7.46. The molecule has 2 N–H and O–H groups in total. The lowest BCUT2D eigenvalue weighted by Crippen LogP contribution is -2.60. The van der Waals surface area contributed by atoms with Gasteiger partial charge in [0.2, 0.25) is 5.91 Å². The van der Waals surface area contributed by atoms with Crippen LogP contribution in [0.4, 0.5) is 0 Å². The van der Waals surface area contributed by atoms with Crippen molar-refractivity contribution >= 4 is 35.0 Å². The molecule has 1 unspecified atom stereocenters. The van der Waals surface area contributed by atoms with Crippen molar-refractivity contribution in [1.29, 1.82) is 0 Å². The molecule has 2 fully saturated rings. The van der Waals surface area contributed by atoms with E-state index in [-0.39, 0.29) is 11.7 Å². The molecule has 0 bridgehead atoms. The first-order valence-corrected chi connectivity index (χ1v) is 12.5. The van der Waals surface area contributed by atoms with E-state index in [2.05, 4.69) is 45.7 Å². The molecule has 0 aromatic heterocycles. The zero-order chi connectivity index (χ0) is 20.7. The van der Waals surface area contributed by atoms with Crippen LogP contribution >= 0.6 is 24.0 Å². The minimum Gasteiger partial charge on any atom is -0.358 e. The van der Waals surface area contributed by atoms with Crippen molar-refractivity contribution in [2.75, 3.05) is 31.6 Å². The normalized spacial score (nSPS) is 21.0. The summed E-state index contributed by atoms with van der Waals surface area (Å²) < 4.78 is 0. The molecule has 2 aliphatic heterocycles. The van der Waals surface area contributed by atoms with Crippen LogP contribution in [0.1, 0.15) is 44.6 Å². The van der Waals surface area contributed by atoms with Crippen LogP contribution in [-0.2, 0) is 11.3 Å². The van der Waals surface area contributed by atoms with Gasteiger partial charge in [0.1, 0.15) is 0 Å². The number of amides is 1. The molecule has 2 heterocycles. The van der Waals surface area contributed by atoms with Crippen molar-refractivity contribution in [1.82, 2.24) is 20.4 Å². The molecule has 7 heteroatoms. The van der Waals surface area contributed by atoms with Gasteiger partial charge < -0.3 is 15.1 Å². The molecule has 3 rings (SSSR count). The second-order valence-electron chi connectivity index (χ2n) is 7.98. The molecule has 29 heavy (non-hydrogen) atoms. The summed E-state index contributed by atoms with van der Waals surface area (Å²) in [5.74, 6) is 1.31. The van der Waals surface area contributed by atoms with Gasteiger partial charge in [-0.1, -0.05) is 43.7 Å². The minimum atomic E-state index is -0.194. The summed E-state index contributed by atoms with van der Waals surface area (Å²) in [7, 11) is 0. The van der Waals surface area contributed by atoms with E-state index in [9.17, 15) is 4.79 Å². The number of nitrogens with one attached hydrogen (secondary N) is 2. The van der Waals surface area contributed by atoms with Crippen molar-refractivity contribution in [3.8, 4) is 0 Å². The van der Waals surface area contributed by atoms with E-state index in [0.717, 1.165) is 69.1 Å². The Morgan fingerprint density at radius 1 is 1.31 bits per heavy atom. The molecular weight excluding hydrogens is 400 g/mol. The molecule has 0 radical (unpaired) electrons. The minimum absolute atomic E-state index is 0.0333. The van der Waals surface area contributed by atoms with E-state index in [4.69, 9.17) is 12.2 Å². The van der Waals surface area contributed by atoms with Gasteiger partial charge in [-0.3, -0.25) is 10.1 Å². The van der Waals surface area contributed by atoms with Gasteiger partial charge in [-0.05, 0) is 42.6 Å². The van der Waals surface area contributed by atoms with E-state index in [1.54, 1.807) is 0 Å². The van der Waals surface area contributed by atoms with Gasteiger partial charge in [-0.25, -0.2) is 0 Å². The van der Waals surface area contributed by atoms with Gasteiger partial charge in [-0.2, -0.15) is 11.8 Å². The zero-order valence-electron chi connectivity index (χ0n) is 17.7. The molecule has 0 aliphatic carbocycles. The van der Waals surface area contributed by atoms with Gasteiger partial charge in [-0.15, -0.1) is 0 Å². The van der Waals surface area contributed by atoms with Crippen LogP contribution < -0.4 is 10.6 Å². The Morgan fingerprint density at radius 2 is 2.03 bits per heavy atom. The monoisotopic (exact) mass is 434 g/mol. The van der Waals surface area contributed by atoms with Gasteiger partial charge >= 0.3 is 0 Å². The van der Waals surface area contributed by atoms with Crippen molar-refractivity contribution < 1.29 is 4.79 Å². The second kappa shape index (κ2) is 10.6. The fourth-order valence-corrected chi connectivity index (χ4v) is 5.04. The number of hydrogen-bond acceptors (Lipinski definition) is 4. The Bertz CT molecular complexity index is 677. The lowest BCUT2D eigenvalue weighted by atomic mass is 9.95. The SMILES string of the molecule is CCCCN1C(=O)C(CCSC)NC12CCN(C(=S)NCc1ccccc1)CC2. The highest BCUT2D eigenvalue weighted by atomic mass is 32.2. The summed E-state index contributed by atoms with van der Waals surface area (Å²) in [6.45, 7) is 5.54. The quantitative estimate of drug-likeness (QED) is 0.613. The van der Waals surface area contributed by atoms with E-state index in [1.807, 2.05) is 30.0 Å². The Balaban J connectivity index is 1.58. The van der Waals surface area contributed by atoms with Crippen LogP contribution in [0.15, 0.2) is 30.3 Å². The zero-order valence-corrected chi connectivity index (χ0v) is 19.3. The number of carbonyl (C=O) groups excluding carboxylic acids is 1. The maximum absolute atomic E-state index is 13.1. The summed E-state index contributed by atoms with van der Waals surface area (Å²) in [4.78, 5) is 17.5. The number of thiocarbonyl (C=S) groups is 1. The lowest BCUT2D eigenvalue weighted by molar-refractivity contribution is -0.133. The molecular formula is C22H34N4OS2. The molecule has 1 spiro atoms. The summed E-state index contributed by atoms with van der Waals surface area (Å²) in [5.41, 5.74) is 1.04. The van der Waals surface area contributed by atoms with Crippen LogP contribution in [0.25, 0.3) is 0 Å². The predicted molar refractivity (Wildman–Crippen MR) is 126 cm³/mol. The first-order chi connectivity index (χ1) is 14.1. The second-order valence-corrected chi connectivity index (χ2v) is 9.36. The number of likely N-dealkylation sites (tertiary alicyclic amines) is 1. The third-order valence-corrected chi connectivity index (χ3v) is 7.08. The number of hydrogen-bond donors (Lipinski definition) is 2. The largest absolute Gasteiger partial charge is 0.358 e. The number of unbranched alkanes of at least 4 members (excludes halogenated alkanes) is 1. The Hall–Kier alpha value is -1.31. The van der Waals surface area contributed by atoms with E-state index in [0.29, 0.717) is 5.91 Å². The summed E-state index contributed by atoms with van der Waals surface area (Å²) in [6, 6.07) is 10.3. The van der Waals surface area contributed by atoms with E-state index < -0.39 is 0 Å². The number of thioether (sulfide) groups is 1. The van der Waals surface area contributed by atoms with Crippen LogP contribution in [-0.4, -0.2) is 64.2 Å². The average Bonchev–Trinajstić information content (AvgIpc) is 3.00. The molecule has 1 amide bonds. The molecule has 2 aliphatic rings. The standard InChI is InChI=1S/C22H34N4OS2/c1-3-4-13-26-20(27)19(10-16-29-2)24-22(26)11-14-25(15-12-22)21(28)23-17-18-8-6-5-7-9-18/h5-9,19,24H,3-4,10-17H2,1-2H3,(H,23,28). The highest BCUT2D eigenvalue weighted by Gasteiger charge is 2.50. The van der Waals surface area contributed by atoms with E-state index >= 15 is 0 Å². The first kappa shape index (κ1) is 22.4. The fraction of sp³-hybridized carbons (Fsp3) is 0.636. The Morgan fingerprint density at radius 3 is 2.69 bits per heavy atom. The first-order valence-electron chi connectivity index (χ1n) is 10.7. The maximum Gasteiger partial charge on any atom is 0.241 e. The lowest BCUT2D eigenvalue weighted by Gasteiger charge is -2.45. The van der Waals surface area contributed by atoms with Crippen LogP contribution in [0.5, 0.6) is 0 Å². The van der Waals surface area contributed by atoms with Crippen molar-refractivity contribution in [3.05, 3.63) is 35.9 Å². The van der Waals surface area contributed by atoms with Gasteiger partial charge in [0.15, 0.2) is 5.11 Å². The van der Waals surface area contributed by atoms with Gasteiger partial charge in [0.05, 0.1) is 11.7 Å². The Kier molecular flexibility index (Phi) is 8.21. The number of carbonyl (C=O) groups is 1. The topological polar surface area (TPSA) is 47.6 Å². The smallest absolute Gasteiger partial charge is 0.241 e. The predicted octanol–water partition coefficient (Wildman–Crippen LogP) is 3.21. The third-order valence-electron chi connectivity index (χ3n) is 6.03. The summed E-state index contributed by atoms with van der Waals surface area (Å²) in [6.07, 6.45) is 7.02. The molecule has 1 atom stereocenters. The number of benzene rings is 1. The maximum atomic E-state index is 13.1. The summed E-state index contributed by atoms with van der Waals surface area (Å²) in [5, 5.41) is 7.94. The average molecular weight is 435 g/mol. The highest BCUT2D eigenvalue weighted by Crippen LogP contribution is 2.33. The molecule has 2 saturated heterocycles. The Labute approximate surface area is 185 Å². The van der Waals surface area contributed by atoms with Crippen molar-refractivity contribution in [3.63, 3.8) is 0 Å². The van der Waals surface area contributed by atoms with Crippen LogP contribution in [0, 0.1) is 0 Å². The van der Waals surface area contributed by atoms with Crippen molar-refractivity contribution in [2.24, 2.45) is 0 Å². The number of rotatable bonds is 8. The third kappa shape index (κ3) is 5.44. The number of nitrogens with zero attached hydrogens (tertiary/aromatic N) is 2. The van der Waals surface area contributed by atoms with E-state index in [1.165, 1.54) is 5.56 Å². The van der Waals surface area contributed by atoms with Crippen LogP contribution in [0.3, 0.4) is 0 Å². The molecule has 1 aromatic carbocycles. The van der Waals surface area contributed by atoms with Gasteiger partial charge in [0, 0.05) is 39.0 Å².